The van der Waals surface area contributed by atoms with E-state index in [0.29, 0.717) is 5.69 Å². The Morgan fingerprint density at radius 1 is 1.44 bits per heavy atom. The Kier molecular flexibility index (Phi) is 3.75. The van der Waals surface area contributed by atoms with Crippen molar-refractivity contribution in [3.8, 4) is 5.75 Å². The van der Waals surface area contributed by atoms with Gasteiger partial charge in [0.05, 0.1) is 18.8 Å². The van der Waals surface area contributed by atoms with Gasteiger partial charge >= 0.3 is 0 Å². The van der Waals surface area contributed by atoms with Crippen molar-refractivity contribution < 1.29 is 14.2 Å². The van der Waals surface area contributed by atoms with Crippen molar-refractivity contribution in [3.05, 3.63) is 24.0 Å². The van der Waals surface area contributed by atoms with Crippen molar-refractivity contribution in [2.75, 3.05) is 12.4 Å². The molecule has 1 aromatic carbocycles. The van der Waals surface area contributed by atoms with Gasteiger partial charge in [0.15, 0.2) is 11.6 Å². The Bertz CT molecular complexity index is 361. The Morgan fingerprint density at radius 2 is 2.06 bits per heavy atom. The molecule has 0 bridgehead atoms. The summed E-state index contributed by atoms with van der Waals surface area (Å²) in [5.41, 5.74) is -0.130. The maximum Gasteiger partial charge on any atom is 0.165 e. The summed E-state index contributed by atoms with van der Waals surface area (Å²) in [6.45, 7) is 5.28. The number of rotatable bonds is 4. The van der Waals surface area contributed by atoms with Gasteiger partial charge in [0, 0.05) is 11.8 Å². The Balaban J connectivity index is 2.82. The van der Waals surface area contributed by atoms with E-state index in [-0.39, 0.29) is 11.8 Å². The van der Waals surface area contributed by atoms with Crippen LogP contribution in [-0.4, -0.2) is 23.9 Å². The van der Waals surface area contributed by atoms with Crippen LogP contribution < -0.4 is 10.1 Å². The lowest BCUT2D eigenvalue weighted by Gasteiger charge is -2.27. The number of halogens is 1. The van der Waals surface area contributed by atoms with Gasteiger partial charge in [-0.1, -0.05) is 0 Å². The highest BCUT2D eigenvalue weighted by Crippen LogP contribution is 2.23. The molecule has 0 saturated heterocycles. The van der Waals surface area contributed by atoms with Gasteiger partial charge in [-0.2, -0.15) is 0 Å². The summed E-state index contributed by atoms with van der Waals surface area (Å²) in [5.74, 6) is -0.211. The van der Waals surface area contributed by atoms with Crippen molar-refractivity contribution in [1.82, 2.24) is 0 Å². The quantitative estimate of drug-likeness (QED) is 0.830. The molecule has 0 fully saturated rings. The fourth-order valence-electron chi connectivity index (χ4n) is 1.18. The van der Waals surface area contributed by atoms with Crippen LogP contribution in [0.4, 0.5) is 10.1 Å². The molecule has 0 spiro atoms. The molecule has 2 N–H and O–H groups in total. The summed E-state index contributed by atoms with van der Waals surface area (Å²) in [5, 5.41) is 12.8. The number of methoxy groups -OCH3 is 1. The molecule has 16 heavy (non-hydrogen) atoms. The van der Waals surface area contributed by atoms with Gasteiger partial charge in [0.25, 0.3) is 0 Å². The first kappa shape index (κ1) is 12.8. The van der Waals surface area contributed by atoms with E-state index in [1.807, 2.05) is 6.92 Å². The van der Waals surface area contributed by atoms with Crippen molar-refractivity contribution in [2.24, 2.45) is 0 Å². The van der Waals surface area contributed by atoms with Gasteiger partial charge in [-0.05, 0) is 32.9 Å². The maximum atomic E-state index is 13.1. The topological polar surface area (TPSA) is 41.5 Å². The van der Waals surface area contributed by atoms with E-state index in [1.165, 1.54) is 13.2 Å². The molecule has 0 aliphatic heterocycles. The molecule has 3 nitrogen and oxygen atoms in total. The van der Waals surface area contributed by atoms with Crippen molar-refractivity contribution in [2.45, 2.75) is 32.4 Å². The SMILES string of the molecule is COc1cc(NC(C)C(C)(C)O)ccc1F. The molecule has 4 heteroatoms. The predicted octanol–water partition coefficient (Wildman–Crippen LogP) is 2.41. The number of benzene rings is 1. The molecule has 90 valence electrons. The molecule has 1 atom stereocenters. The first-order chi connectivity index (χ1) is 7.34. The molecule has 0 aliphatic carbocycles. The molecular weight excluding hydrogens is 209 g/mol. The third kappa shape index (κ3) is 3.10. The smallest absolute Gasteiger partial charge is 0.165 e. The number of hydrogen-bond donors (Lipinski definition) is 2. The van der Waals surface area contributed by atoms with Crippen LogP contribution in [0.25, 0.3) is 0 Å². The predicted molar refractivity (Wildman–Crippen MR) is 62.3 cm³/mol. The molecule has 1 rings (SSSR count). The van der Waals surface area contributed by atoms with Crippen molar-refractivity contribution in [3.63, 3.8) is 0 Å². The van der Waals surface area contributed by atoms with Crippen LogP contribution >= 0.6 is 0 Å². The van der Waals surface area contributed by atoms with E-state index in [2.05, 4.69) is 5.32 Å². The highest BCUT2D eigenvalue weighted by atomic mass is 19.1. The van der Waals surface area contributed by atoms with Crippen molar-refractivity contribution >= 4 is 5.69 Å². The molecule has 0 aromatic heterocycles. The van der Waals surface area contributed by atoms with Crippen LogP contribution in [0.3, 0.4) is 0 Å². The number of aliphatic hydroxyl groups is 1. The zero-order valence-corrected chi connectivity index (χ0v) is 10.0. The fourth-order valence-corrected chi connectivity index (χ4v) is 1.18. The van der Waals surface area contributed by atoms with Crippen LogP contribution in [-0.2, 0) is 0 Å². The third-order valence-electron chi connectivity index (χ3n) is 2.59. The summed E-state index contributed by atoms with van der Waals surface area (Å²) in [4.78, 5) is 0. The molecule has 0 amide bonds. The van der Waals surface area contributed by atoms with Gasteiger partial charge in [0.1, 0.15) is 0 Å². The number of nitrogens with one attached hydrogen (secondary N) is 1. The molecule has 0 saturated carbocycles. The Morgan fingerprint density at radius 3 is 2.56 bits per heavy atom. The average molecular weight is 227 g/mol. The average Bonchev–Trinajstić information content (AvgIpc) is 2.19. The third-order valence-corrected chi connectivity index (χ3v) is 2.59. The number of ether oxygens (including phenoxy) is 1. The van der Waals surface area contributed by atoms with E-state index < -0.39 is 11.4 Å². The van der Waals surface area contributed by atoms with E-state index in [0.717, 1.165) is 0 Å². The minimum absolute atomic E-state index is 0.150. The van der Waals surface area contributed by atoms with Crippen molar-refractivity contribution in [1.29, 1.82) is 0 Å². The molecular formula is C12H18FNO2. The number of hydrogen-bond acceptors (Lipinski definition) is 3. The van der Waals surface area contributed by atoms with Gasteiger partial charge < -0.3 is 15.2 Å². The molecule has 1 aromatic rings. The van der Waals surface area contributed by atoms with Crippen LogP contribution in [0.2, 0.25) is 0 Å². The zero-order chi connectivity index (χ0) is 12.3. The normalized spacial score (nSPS) is 13.4. The van der Waals surface area contributed by atoms with Crippen LogP contribution in [0.5, 0.6) is 5.75 Å². The van der Waals surface area contributed by atoms with Gasteiger partial charge in [-0.3, -0.25) is 0 Å². The number of anilines is 1. The van der Waals surface area contributed by atoms with Gasteiger partial charge in [0.2, 0.25) is 0 Å². The first-order valence-electron chi connectivity index (χ1n) is 5.17. The lowest BCUT2D eigenvalue weighted by atomic mass is 10.0. The Hall–Kier alpha value is -1.29. The largest absolute Gasteiger partial charge is 0.494 e. The van der Waals surface area contributed by atoms with E-state index >= 15 is 0 Å². The van der Waals surface area contributed by atoms with E-state index in [1.54, 1.807) is 26.0 Å². The maximum absolute atomic E-state index is 13.1. The van der Waals surface area contributed by atoms with E-state index in [4.69, 9.17) is 4.74 Å². The zero-order valence-electron chi connectivity index (χ0n) is 10.0. The second kappa shape index (κ2) is 4.70. The van der Waals surface area contributed by atoms with Crippen LogP contribution in [0, 0.1) is 5.82 Å². The minimum atomic E-state index is -0.846. The highest BCUT2D eigenvalue weighted by molar-refractivity contribution is 5.49. The second-order valence-electron chi connectivity index (χ2n) is 4.37. The highest BCUT2D eigenvalue weighted by Gasteiger charge is 2.22. The summed E-state index contributed by atoms with van der Waals surface area (Å²) < 4.78 is 18.0. The summed E-state index contributed by atoms with van der Waals surface area (Å²) in [7, 11) is 1.42. The molecule has 0 radical (unpaired) electrons. The van der Waals surface area contributed by atoms with E-state index in [9.17, 15) is 9.50 Å². The second-order valence-corrected chi connectivity index (χ2v) is 4.37. The summed E-state index contributed by atoms with van der Waals surface area (Å²) in [6.07, 6.45) is 0. The molecule has 0 aliphatic rings. The first-order valence-corrected chi connectivity index (χ1v) is 5.17. The van der Waals surface area contributed by atoms with Crippen LogP contribution in [0.1, 0.15) is 20.8 Å². The molecule has 1 unspecified atom stereocenters. The lowest BCUT2D eigenvalue weighted by molar-refractivity contribution is 0.0649. The lowest BCUT2D eigenvalue weighted by Crippen LogP contribution is -2.39. The minimum Gasteiger partial charge on any atom is -0.494 e. The Labute approximate surface area is 95.2 Å². The standard InChI is InChI=1S/C12H18FNO2/c1-8(12(2,3)15)14-9-5-6-10(13)11(7-9)16-4/h5-8,14-15H,1-4H3. The monoisotopic (exact) mass is 227 g/mol. The van der Waals surface area contributed by atoms with Crippen LogP contribution in [0.15, 0.2) is 18.2 Å². The summed E-state index contributed by atoms with van der Waals surface area (Å²) in [6, 6.07) is 4.36. The van der Waals surface area contributed by atoms with Gasteiger partial charge in [-0.25, -0.2) is 4.39 Å². The fraction of sp³-hybridized carbons (Fsp3) is 0.500. The summed E-state index contributed by atoms with van der Waals surface area (Å²) >= 11 is 0. The van der Waals surface area contributed by atoms with Gasteiger partial charge in [-0.15, -0.1) is 0 Å². The molecule has 0 heterocycles.